The summed E-state index contributed by atoms with van der Waals surface area (Å²) in [5.74, 6) is 6.63. The molecule has 1 aromatic carbocycles. The number of nitrogens with one attached hydrogen (secondary N) is 1. The summed E-state index contributed by atoms with van der Waals surface area (Å²) < 4.78 is 25.6. The van der Waals surface area contributed by atoms with Gasteiger partial charge in [0.05, 0.1) is 0 Å². The topological polar surface area (TPSA) is 63.8 Å². The molecule has 0 saturated heterocycles. The van der Waals surface area contributed by atoms with Crippen LogP contribution < -0.4 is 11.3 Å². The van der Waals surface area contributed by atoms with E-state index in [2.05, 4.69) is 15.4 Å². The van der Waals surface area contributed by atoms with Crippen molar-refractivity contribution in [2.45, 2.75) is 33.1 Å². The molecular weight excluding hydrogens is 274 g/mol. The number of hydrazine groups is 1. The molecule has 1 heterocycles. The lowest BCUT2D eigenvalue weighted by Gasteiger charge is -2.15. The van der Waals surface area contributed by atoms with Gasteiger partial charge in [-0.25, -0.2) is 24.6 Å². The highest BCUT2D eigenvalue weighted by Crippen LogP contribution is 2.29. The summed E-state index contributed by atoms with van der Waals surface area (Å²) in [5.41, 5.74) is 4.76. The highest BCUT2D eigenvalue weighted by Gasteiger charge is 2.16. The normalized spacial score (nSPS) is 11.2. The Balaban J connectivity index is 2.55. The number of aryl methyl sites for hydroxylation is 1. The third-order valence-electron chi connectivity index (χ3n) is 3.25. The summed E-state index contributed by atoms with van der Waals surface area (Å²) in [6.07, 6.45) is -2.52. The highest BCUT2D eigenvalue weighted by molar-refractivity contribution is 5.61. The molecule has 0 spiro atoms. The van der Waals surface area contributed by atoms with Gasteiger partial charge in [-0.1, -0.05) is 32.0 Å². The molecule has 0 unspecified atom stereocenters. The number of benzene rings is 1. The van der Waals surface area contributed by atoms with Gasteiger partial charge in [0.15, 0.2) is 5.82 Å². The van der Waals surface area contributed by atoms with Gasteiger partial charge in [-0.05, 0) is 18.9 Å². The van der Waals surface area contributed by atoms with Gasteiger partial charge < -0.3 is 5.43 Å². The fourth-order valence-electron chi connectivity index (χ4n) is 2.33. The van der Waals surface area contributed by atoms with Crippen LogP contribution in [0, 0.1) is 6.92 Å². The Kier molecular flexibility index (Phi) is 4.47. The minimum Gasteiger partial charge on any atom is -0.308 e. The smallest absolute Gasteiger partial charge is 0.263 e. The molecule has 3 N–H and O–H groups in total. The van der Waals surface area contributed by atoms with Gasteiger partial charge >= 0.3 is 0 Å². The predicted octanol–water partition coefficient (Wildman–Crippen LogP) is 3.80. The summed E-state index contributed by atoms with van der Waals surface area (Å²) in [6.45, 7) is 5.89. The van der Waals surface area contributed by atoms with Crippen molar-refractivity contribution in [1.82, 2.24) is 9.97 Å². The molecule has 21 heavy (non-hydrogen) atoms. The summed E-state index contributed by atoms with van der Waals surface area (Å²) in [7, 11) is 0. The minimum atomic E-state index is -2.52. The van der Waals surface area contributed by atoms with Gasteiger partial charge in [0.25, 0.3) is 6.43 Å². The van der Waals surface area contributed by atoms with E-state index in [-0.39, 0.29) is 11.5 Å². The van der Waals surface area contributed by atoms with Gasteiger partial charge in [0.2, 0.25) is 0 Å². The van der Waals surface area contributed by atoms with Gasteiger partial charge in [-0.15, -0.1) is 0 Å². The molecule has 4 nitrogen and oxygen atoms in total. The Morgan fingerprint density at radius 2 is 1.90 bits per heavy atom. The molecule has 0 atom stereocenters. The molecule has 0 fully saturated rings. The van der Waals surface area contributed by atoms with E-state index in [0.717, 1.165) is 11.3 Å². The third kappa shape index (κ3) is 3.16. The van der Waals surface area contributed by atoms with Crippen molar-refractivity contribution in [2.24, 2.45) is 5.84 Å². The molecule has 112 valence electrons. The SMILES string of the molecule is Cc1nc(-c2cccc(C(F)F)c2)nc(NN)c1C(C)C. The molecule has 0 amide bonds. The summed E-state index contributed by atoms with van der Waals surface area (Å²) in [5, 5.41) is 0. The van der Waals surface area contributed by atoms with Crippen molar-refractivity contribution in [3.63, 3.8) is 0 Å². The van der Waals surface area contributed by atoms with Crippen molar-refractivity contribution < 1.29 is 8.78 Å². The quantitative estimate of drug-likeness (QED) is 0.664. The lowest BCUT2D eigenvalue weighted by Crippen LogP contribution is -2.14. The van der Waals surface area contributed by atoms with Gasteiger partial charge in [-0.2, -0.15) is 0 Å². The van der Waals surface area contributed by atoms with Crippen LogP contribution in [0.25, 0.3) is 11.4 Å². The molecule has 0 aliphatic carbocycles. The summed E-state index contributed by atoms with van der Waals surface area (Å²) >= 11 is 0. The fourth-order valence-corrected chi connectivity index (χ4v) is 2.33. The zero-order chi connectivity index (χ0) is 15.6. The van der Waals surface area contributed by atoms with Crippen molar-refractivity contribution in [3.05, 3.63) is 41.1 Å². The highest BCUT2D eigenvalue weighted by atomic mass is 19.3. The van der Waals surface area contributed by atoms with Crippen LogP contribution in [-0.4, -0.2) is 9.97 Å². The van der Waals surface area contributed by atoms with E-state index in [1.807, 2.05) is 20.8 Å². The third-order valence-corrected chi connectivity index (χ3v) is 3.25. The van der Waals surface area contributed by atoms with E-state index in [9.17, 15) is 8.78 Å². The maximum atomic E-state index is 12.8. The molecule has 0 radical (unpaired) electrons. The Morgan fingerprint density at radius 1 is 1.19 bits per heavy atom. The second-order valence-electron chi connectivity index (χ2n) is 5.12. The number of halogens is 2. The predicted molar refractivity (Wildman–Crippen MR) is 79.1 cm³/mol. The molecule has 2 aromatic rings. The van der Waals surface area contributed by atoms with Crippen LogP contribution in [0.4, 0.5) is 14.6 Å². The number of nitrogen functional groups attached to an aromatic ring is 1. The van der Waals surface area contributed by atoms with Crippen LogP contribution in [0.3, 0.4) is 0 Å². The lowest BCUT2D eigenvalue weighted by molar-refractivity contribution is 0.151. The number of aromatic nitrogens is 2. The minimum absolute atomic E-state index is 0.0519. The van der Waals surface area contributed by atoms with E-state index in [4.69, 9.17) is 5.84 Å². The van der Waals surface area contributed by atoms with Gasteiger partial charge in [0, 0.05) is 22.4 Å². The molecule has 0 bridgehead atoms. The standard InChI is InChI=1S/C15H18F2N4/c1-8(2)12-9(3)19-14(20-15(12)21-18)11-6-4-5-10(7-11)13(16)17/h4-8,13H,18H2,1-3H3,(H,19,20,21). The maximum Gasteiger partial charge on any atom is 0.263 e. The molecule has 0 aliphatic rings. The number of nitrogens with zero attached hydrogens (tertiary/aromatic N) is 2. The zero-order valence-corrected chi connectivity index (χ0v) is 12.2. The average Bonchev–Trinajstić information content (AvgIpc) is 2.45. The first-order chi connectivity index (χ1) is 9.93. The Bertz CT molecular complexity index is 642. The first-order valence-electron chi connectivity index (χ1n) is 6.67. The first-order valence-corrected chi connectivity index (χ1v) is 6.67. The Labute approximate surface area is 122 Å². The monoisotopic (exact) mass is 292 g/mol. The number of hydrogen-bond donors (Lipinski definition) is 2. The summed E-state index contributed by atoms with van der Waals surface area (Å²) in [4.78, 5) is 8.77. The molecule has 6 heteroatoms. The second-order valence-corrected chi connectivity index (χ2v) is 5.12. The van der Waals surface area contributed by atoms with Crippen LogP contribution in [0.5, 0.6) is 0 Å². The van der Waals surface area contributed by atoms with Gasteiger partial charge in [0.1, 0.15) is 5.82 Å². The van der Waals surface area contributed by atoms with Crippen molar-refractivity contribution in [3.8, 4) is 11.4 Å². The summed E-state index contributed by atoms with van der Waals surface area (Å²) in [6, 6.07) is 6.05. The van der Waals surface area contributed by atoms with Crippen LogP contribution in [0.2, 0.25) is 0 Å². The average molecular weight is 292 g/mol. The van der Waals surface area contributed by atoms with Crippen LogP contribution in [0.15, 0.2) is 24.3 Å². The number of anilines is 1. The van der Waals surface area contributed by atoms with Crippen LogP contribution in [0.1, 0.15) is 43.0 Å². The molecule has 0 saturated carbocycles. The molecule has 0 aliphatic heterocycles. The van der Waals surface area contributed by atoms with E-state index in [0.29, 0.717) is 17.2 Å². The van der Waals surface area contributed by atoms with Crippen molar-refractivity contribution in [1.29, 1.82) is 0 Å². The zero-order valence-electron chi connectivity index (χ0n) is 12.2. The van der Waals surface area contributed by atoms with E-state index in [1.165, 1.54) is 12.1 Å². The fraction of sp³-hybridized carbons (Fsp3) is 0.333. The molecular formula is C15H18F2N4. The largest absolute Gasteiger partial charge is 0.308 e. The Morgan fingerprint density at radius 3 is 2.48 bits per heavy atom. The maximum absolute atomic E-state index is 12.8. The van der Waals surface area contributed by atoms with Crippen molar-refractivity contribution in [2.75, 3.05) is 5.43 Å². The first kappa shape index (κ1) is 15.3. The van der Waals surface area contributed by atoms with E-state index in [1.54, 1.807) is 12.1 Å². The number of rotatable bonds is 4. The van der Waals surface area contributed by atoms with Crippen molar-refractivity contribution >= 4 is 5.82 Å². The number of hydrogen-bond acceptors (Lipinski definition) is 4. The van der Waals surface area contributed by atoms with Gasteiger partial charge in [-0.3, -0.25) is 0 Å². The van der Waals surface area contributed by atoms with Crippen LogP contribution >= 0.6 is 0 Å². The lowest BCUT2D eigenvalue weighted by atomic mass is 10.0. The molecule has 2 rings (SSSR count). The number of alkyl halides is 2. The second kappa shape index (κ2) is 6.13. The Hall–Kier alpha value is -2.08. The van der Waals surface area contributed by atoms with E-state index < -0.39 is 6.43 Å². The van der Waals surface area contributed by atoms with E-state index >= 15 is 0 Å². The molecule has 1 aromatic heterocycles. The van der Waals surface area contributed by atoms with Crippen LogP contribution in [-0.2, 0) is 0 Å². The number of nitrogens with two attached hydrogens (primary N) is 1.